The zero-order chi connectivity index (χ0) is 10.8. The summed E-state index contributed by atoms with van der Waals surface area (Å²) >= 11 is 0. The first kappa shape index (κ1) is 18.8. The summed E-state index contributed by atoms with van der Waals surface area (Å²) in [5, 5.41) is 9.10. The Bertz CT molecular complexity index is 458. The quantitative estimate of drug-likeness (QED) is 0.529. The molecule has 0 aliphatic rings. The third kappa shape index (κ3) is 6.21. The fourth-order valence-electron chi connectivity index (χ4n) is 0.787. The number of benzene rings is 1. The molecule has 0 unspecified atom stereocenters. The Hall–Kier alpha value is 0.400. The molecule has 0 saturated heterocycles. The summed E-state index contributed by atoms with van der Waals surface area (Å²) in [6.45, 7) is 0. The molecule has 16 heavy (non-hydrogen) atoms. The van der Waals surface area contributed by atoms with Crippen LogP contribution in [-0.2, 0) is 14.6 Å². The number of hydrogen-bond acceptors (Lipinski definition) is 5. The van der Waals surface area contributed by atoms with Crippen molar-refractivity contribution < 1.29 is 27.1 Å². The van der Waals surface area contributed by atoms with Gasteiger partial charge in [0.15, 0.2) is 0 Å². The molecule has 9 heteroatoms. The van der Waals surface area contributed by atoms with Gasteiger partial charge in [-0.05, 0) is 12.1 Å². The van der Waals surface area contributed by atoms with E-state index >= 15 is 0 Å². The van der Waals surface area contributed by atoms with Gasteiger partial charge in [-0.3, -0.25) is 4.55 Å². The van der Waals surface area contributed by atoms with Crippen LogP contribution in [0.4, 0.5) is 0 Å². The molecule has 0 aromatic heterocycles. The number of carbonyl (C=O) groups is 1. The van der Waals surface area contributed by atoms with Gasteiger partial charge < -0.3 is 9.29 Å². The van der Waals surface area contributed by atoms with Gasteiger partial charge in [-0.1, -0.05) is 12.1 Å². The predicted octanol–water partition coefficient (Wildman–Crippen LogP) is -0.945. The van der Waals surface area contributed by atoms with Crippen LogP contribution in [-0.4, -0.2) is 83.2 Å². The van der Waals surface area contributed by atoms with Gasteiger partial charge in [0.05, 0.1) is 0 Å². The standard InChI is InChI=1S/C7H6O6S.2Na.2H/c8-6-4-2-1-3-5(6)7(9)13-14(10,11)12;;;;/h1-4,8H,(H,10,11,12);;;;. The molecule has 0 heterocycles. The molecule has 0 saturated carbocycles. The number of rotatable bonds is 2. The van der Waals surface area contributed by atoms with Gasteiger partial charge in [-0.2, -0.15) is 8.42 Å². The first-order valence-corrected chi connectivity index (χ1v) is 4.76. The van der Waals surface area contributed by atoms with E-state index in [2.05, 4.69) is 4.18 Å². The molecule has 0 spiro atoms. The second-order valence-corrected chi connectivity index (χ2v) is 3.34. The van der Waals surface area contributed by atoms with Gasteiger partial charge >= 0.3 is 75.5 Å². The van der Waals surface area contributed by atoms with Crippen molar-refractivity contribution in [1.82, 2.24) is 0 Å². The first-order chi connectivity index (χ1) is 6.40. The van der Waals surface area contributed by atoms with Crippen molar-refractivity contribution in [1.29, 1.82) is 0 Å². The normalized spacial score (nSPS) is 9.56. The van der Waals surface area contributed by atoms with Crippen LogP contribution in [0.5, 0.6) is 5.75 Å². The molecular weight excluding hydrogens is 258 g/mol. The van der Waals surface area contributed by atoms with Crippen LogP contribution in [0.15, 0.2) is 24.3 Å². The number of phenols is 1. The predicted molar refractivity (Wildman–Crippen MR) is 59.4 cm³/mol. The van der Waals surface area contributed by atoms with Crippen LogP contribution in [0.1, 0.15) is 10.4 Å². The van der Waals surface area contributed by atoms with Crippen molar-refractivity contribution in [3.05, 3.63) is 29.8 Å². The maximum atomic E-state index is 11.0. The van der Waals surface area contributed by atoms with E-state index in [1.54, 1.807) is 0 Å². The second-order valence-electron chi connectivity index (χ2n) is 2.32. The van der Waals surface area contributed by atoms with Crippen LogP contribution in [0.25, 0.3) is 0 Å². The molecular formula is C7H8Na2O6S. The van der Waals surface area contributed by atoms with Crippen LogP contribution in [0, 0.1) is 0 Å². The molecule has 0 bridgehead atoms. The topological polar surface area (TPSA) is 101 Å². The van der Waals surface area contributed by atoms with Gasteiger partial charge in [-0.25, -0.2) is 4.79 Å². The molecule has 0 atom stereocenters. The van der Waals surface area contributed by atoms with Gasteiger partial charge in [-0.15, -0.1) is 0 Å². The molecule has 6 nitrogen and oxygen atoms in total. The Kier molecular flexibility index (Phi) is 9.00. The summed E-state index contributed by atoms with van der Waals surface area (Å²) in [6, 6.07) is 5.18. The van der Waals surface area contributed by atoms with Crippen molar-refractivity contribution in [3.63, 3.8) is 0 Å². The first-order valence-electron chi connectivity index (χ1n) is 3.39. The monoisotopic (exact) mass is 266 g/mol. The maximum absolute atomic E-state index is 11.0. The fraction of sp³-hybridized carbons (Fsp3) is 0. The van der Waals surface area contributed by atoms with E-state index in [4.69, 9.17) is 9.66 Å². The zero-order valence-electron chi connectivity index (χ0n) is 6.75. The molecule has 0 fully saturated rings. The van der Waals surface area contributed by atoms with Crippen molar-refractivity contribution in [2.24, 2.45) is 0 Å². The van der Waals surface area contributed by atoms with E-state index in [9.17, 15) is 13.2 Å². The van der Waals surface area contributed by atoms with E-state index in [-0.39, 0.29) is 64.7 Å². The SMILES string of the molecule is O=C(OS(=O)(=O)O)c1ccccc1O.[NaH].[NaH]. The van der Waals surface area contributed by atoms with E-state index in [1.165, 1.54) is 18.2 Å². The zero-order valence-corrected chi connectivity index (χ0v) is 7.56. The van der Waals surface area contributed by atoms with Crippen LogP contribution >= 0.6 is 0 Å². The van der Waals surface area contributed by atoms with Crippen molar-refractivity contribution in [2.75, 3.05) is 0 Å². The number of carbonyl (C=O) groups excluding carboxylic acids is 1. The molecule has 0 aliphatic heterocycles. The summed E-state index contributed by atoms with van der Waals surface area (Å²) in [5.74, 6) is -1.77. The second kappa shape index (κ2) is 7.67. The van der Waals surface area contributed by atoms with Gasteiger partial charge in [0.25, 0.3) is 0 Å². The third-order valence-electron chi connectivity index (χ3n) is 1.30. The minimum atomic E-state index is -4.85. The summed E-state index contributed by atoms with van der Waals surface area (Å²) in [7, 11) is -4.85. The average Bonchev–Trinajstić information content (AvgIpc) is 2.01. The van der Waals surface area contributed by atoms with E-state index in [1.807, 2.05) is 0 Å². The molecule has 1 aromatic carbocycles. The molecule has 0 amide bonds. The molecule has 0 aliphatic carbocycles. The molecule has 0 radical (unpaired) electrons. The number of phenolic OH excluding ortho intramolecular Hbond substituents is 1. The van der Waals surface area contributed by atoms with Crippen molar-refractivity contribution in [3.8, 4) is 5.75 Å². The molecule has 80 valence electrons. The molecule has 2 N–H and O–H groups in total. The Labute approximate surface area is 137 Å². The van der Waals surface area contributed by atoms with Crippen molar-refractivity contribution >= 4 is 75.5 Å². The van der Waals surface area contributed by atoms with E-state index in [0.717, 1.165) is 6.07 Å². The van der Waals surface area contributed by atoms with Gasteiger partial charge in [0.1, 0.15) is 11.3 Å². The summed E-state index contributed by atoms with van der Waals surface area (Å²) in [4.78, 5) is 11.0. The summed E-state index contributed by atoms with van der Waals surface area (Å²) in [6.07, 6.45) is 0. The molecule has 1 rings (SSSR count). The van der Waals surface area contributed by atoms with E-state index < -0.39 is 22.1 Å². The number of hydrogen-bond donors (Lipinski definition) is 2. The average molecular weight is 266 g/mol. The summed E-state index contributed by atoms with van der Waals surface area (Å²) in [5.41, 5.74) is -0.342. The van der Waals surface area contributed by atoms with Crippen molar-refractivity contribution in [2.45, 2.75) is 0 Å². The number of aromatic hydroxyl groups is 1. The van der Waals surface area contributed by atoms with Crippen LogP contribution in [0.2, 0.25) is 0 Å². The minimum absolute atomic E-state index is 0. The third-order valence-corrected chi connectivity index (χ3v) is 1.67. The van der Waals surface area contributed by atoms with Crippen LogP contribution < -0.4 is 0 Å². The van der Waals surface area contributed by atoms with Gasteiger partial charge in [0, 0.05) is 0 Å². The Balaban J connectivity index is 0. The Morgan fingerprint density at radius 2 is 1.69 bits per heavy atom. The molecule has 1 aromatic rings. The Morgan fingerprint density at radius 1 is 1.19 bits per heavy atom. The Morgan fingerprint density at radius 3 is 2.12 bits per heavy atom. The fourth-order valence-corrected chi connectivity index (χ4v) is 1.07. The number of para-hydroxylation sites is 1. The van der Waals surface area contributed by atoms with Gasteiger partial charge in [0.2, 0.25) is 0 Å². The van der Waals surface area contributed by atoms with E-state index in [0.29, 0.717) is 0 Å². The summed E-state index contributed by atoms with van der Waals surface area (Å²) < 4.78 is 32.1. The van der Waals surface area contributed by atoms with Crippen LogP contribution in [0.3, 0.4) is 0 Å².